The molecule has 0 aliphatic carbocycles. The molecule has 0 aliphatic rings. The van der Waals surface area contributed by atoms with Crippen LogP contribution in [0.4, 0.5) is 0 Å². The summed E-state index contributed by atoms with van der Waals surface area (Å²) >= 11 is 0. The van der Waals surface area contributed by atoms with Crippen molar-refractivity contribution in [1.82, 2.24) is 5.32 Å². The molecule has 2 N–H and O–H groups in total. The number of hydrogen-bond donors (Lipinski definition) is 2. The Bertz CT molecular complexity index is 1280. The Labute approximate surface area is 193 Å². The molecule has 0 heterocycles. The highest BCUT2D eigenvalue weighted by atomic mass is 16.5. The van der Waals surface area contributed by atoms with Crippen LogP contribution >= 0.6 is 0 Å². The molecule has 0 unspecified atom stereocenters. The van der Waals surface area contributed by atoms with E-state index in [1.807, 2.05) is 54.6 Å². The summed E-state index contributed by atoms with van der Waals surface area (Å²) < 4.78 is 5.22. The molecule has 0 saturated carbocycles. The van der Waals surface area contributed by atoms with Crippen molar-refractivity contribution in [3.63, 3.8) is 0 Å². The molecule has 4 aromatic carbocycles. The van der Waals surface area contributed by atoms with Crippen LogP contribution in [0.1, 0.15) is 27.0 Å². The number of hydrogen-bond acceptors (Lipinski definition) is 3. The average molecular weight is 436 g/mol. The maximum Gasteiger partial charge on any atom is 0.251 e. The summed E-state index contributed by atoms with van der Waals surface area (Å²) in [5, 5.41) is 12.5. The number of phenols is 1. The number of benzene rings is 4. The highest BCUT2D eigenvalue weighted by Gasteiger charge is 2.11. The van der Waals surface area contributed by atoms with E-state index in [1.54, 1.807) is 37.4 Å². The molecule has 0 radical (unpaired) electrons. The summed E-state index contributed by atoms with van der Waals surface area (Å²) in [5.74, 6) is 0.749. The number of phenolic OH excluding ortho intramolecular Hbond substituents is 1. The quantitative estimate of drug-likeness (QED) is 0.341. The van der Waals surface area contributed by atoms with Crippen molar-refractivity contribution in [2.24, 2.45) is 0 Å². The molecule has 33 heavy (non-hydrogen) atoms. The van der Waals surface area contributed by atoms with E-state index in [0.29, 0.717) is 17.9 Å². The van der Waals surface area contributed by atoms with Gasteiger partial charge in [0.25, 0.3) is 5.91 Å². The number of rotatable bonds is 7. The van der Waals surface area contributed by atoms with Crippen LogP contribution in [0.15, 0.2) is 97.1 Å². The first-order chi connectivity index (χ1) is 16.1. The van der Waals surface area contributed by atoms with Gasteiger partial charge in [0.15, 0.2) is 0 Å². The van der Waals surface area contributed by atoms with Crippen LogP contribution in [0.25, 0.3) is 23.3 Å². The van der Waals surface area contributed by atoms with E-state index in [-0.39, 0.29) is 11.7 Å². The molecule has 4 aromatic rings. The molecule has 0 fully saturated rings. The minimum atomic E-state index is -0.149. The van der Waals surface area contributed by atoms with E-state index in [2.05, 4.69) is 29.6 Å². The molecule has 4 rings (SSSR count). The van der Waals surface area contributed by atoms with E-state index in [4.69, 9.17) is 4.74 Å². The van der Waals surface area contributed by atoms with Gasteiger partial charge in [-0.25, -0.2) is 0 Å². The van der Waals surface area contributed by atoms with Gasteiger partial charge in [-0.05, 0) is 58.1 Å². The molecule has 164 valence electrons. The van der Waals surface area contributed by atoms with Crippen LogP contribution in [0, 0.1) is 0 Å². The first-order valence-electron chi connectivity index (χ1n) is 10.7. The number of methoxy groups -OCH3 is 1. The molecule has 0 aromatic heterocycles. The van der Waals surface area contributed by atoms with Crippen molar-refractivity contribution in [3.05, 3.63) is 119 Å². The fourth-order valence-corrected chi connectivity index (χ4v) is 3.64. The van der Waals surface area contributed by atoms with Gasteiger partial charge >= 0.3 is 0 Å². The van der Waals surface area contributed by atoms with E-state index in [0.717, 1.165) is 27.8 Å². The standard InChI is InChI=1S/C29H25NO3/c1-33-26-10-6-9-23(19-26)29(32)30-20-24-8-3-5-12-28(24)27-11-4-2-7-22(27)16-13-21-14-17-25(31)18-15-21/h2-19,31H,20H2,1H3,(H,30,32)/b16-13+. The van der Waals surface area contributed by atoms with Crippen molar-refractivity contribution in [2.75, 3.05) is 7.11 Å². The zero-order valence-corrected chi connectivity index (χ0v) is 18.4. The van der Waals surface area contributed by atoms with Gasteiger partial charge < -0.3 is 15.2 Å². The lowest BCUT2D eigenvalue weighted by molar-refractivity contribution is 0.0950. The minimum Gasteiger partial charge on any atom is -0.508 e. The smallest absolute Gasteiger partial charge is 0.251 e. The Balaban J connectivity index is 1.57. The molecule has 4 heteroatoms. The number of amides is 1. The fourth-order valence-electron chi connectivity index (χ4n) is 3.64. The van der Waals surface area contributed by atoms with Crippen LogP contribution in [0.5, 0.6) is 11.5 Å². The Morgan fingerprint density at radius 3 is 2.36 bits per heavy atom. The topological polar surface area (TPSA) is 58.6 Å². The first-order valence-corrected chi connectivity index (χ1v) is 10.7. The predicted octanol–water partition coefficient (Wildman–Crippen LogP) is 6.17. The zero-order valence-electron chi connectivity index (χ0n) is 18.4. The second-order valence-electron chi connectivity index (χ2n) is 7.58. The molecule has 0 saturated heterocycles. The third-order valence-electron chi connectivity index (χ3n) is 5.39. The van der Waals surface area contributed by atoms with Crippen molar-refractivity contribution in [3.8, 4) is 22.6 Å². The minimum absolute atomic E-state index is 0.149. The second kappa shape index (κ2) is 10.3. The van der Waals surface area contributed by atoms with Gasteiger partial charge in [0.1, 0.15) is 11.5 Å². The van der Waals surface area contributed by atoms with Crippen LogP contribution in [-0.4, -0.2) is 18.1 Å². The summed E-state index contributed by atoms with van der Waals surface area (Å²) in [6.07, 6.45) is 4.08. The number of ether oxygens (including phenoxy) is 1. The monoisotopic (exact) mass is 435 g/mol. The Hall–Kier alpha value is -4.31. The van der Waals surface area contributed by atoms with E-state index in [1.165, 1.54) is 0 Å². The predicted molar refractivity (Wildman–Crippen MR) is 133 cm³/mol. The van der Waals surface area contributed by atoms with Gasteiger partial charge in [-0.15, -0.1) is 0 Å². The first kappa shape index (κ1) is 21.9. The van der Waals surface area contributed by atoms with Crippen molar-refractivity contribution in [1.29, 1.82) is 0 Å². The summed E-state index contributed by atoms with van der Waals surface area (Å²) in [4.78, 5) is 12.7. The SMILES string of the molecule is COc1cccc(C(=O)NCc2ccccc2-c2ccccc2/C=C/c2ccc(O)cc2)c1. The van der Waals surface area contributed by atoms with E-state index in [9.17, 15) is 9.90 Å². The van der Waals surface area contributed by atoms with Crippen LogP contribution < -0.4 is 10.1 Å². The number of carbonyl (C=O) groups is 1. The summed E-state index contributed by atoms with van der Waals surface area (Å²) in [5.41, 5.74) is 5.80. The Morgan fingerprint density at radius 2 is 1.58 bits per heavy atom. The molecule has 1 amide bonds. The largest absolute Gasteiger partial charge is 0.508 e. The van der Waals surface area contributed by atoms with Gasteiger partial charge in [-0.3, -0.25) is 4.79 Å². The lowest BCUT2D eigenvalue weighted by Crippen LogP contribution is -2.23. The van der Waals surface area contributed by atoms with E-state index >= 15 is 0 Å². The normalized spacial score (nSPS) is 10.8. The number of aromatic hydroxyl groups is 1. The Kier molecular flexibility index (Phi) is 6.86. The zero-order chi connectivity index (χ0) is 23.0. The molecule has 4 nitrogen and oxygen atoms in total. The van der Waals surface area contributed by atoms with Crippen LogP contribution in [-0.2, 0) is 6.54 Å². The molecular formula is C29H25NO3. The van der Waals surface area contributed by atoms with Crippen molar-refractivity contribution in [2.45, 2.75) is 6.54 Å². The van der Waals surface area contributed by atoms with Gasteiger partial charge in [0, 0.05) is 12.1 Å². The summed E-state index contributed by atoms with van der Waals surface area (Å²) in [7, 11) is 1.58. The summed E-state index contributed by atoms with van der Waals surface area (Å²) in [6.45, 7) is 0.405. The van der Waals surface area contributed by atoms with Crippen molar-refractivity contribution >= 4 is 18.1 Å². The third-order valence-corrected chi connectivity index (χ3v) is 5.39. The van der Waals surface area contributed by atoms with Crippen LogP contribution in [0.2, 0.25) is 0 Å². The van der Waals surface area contributed by atoms with Crippen molar-refractivity contribution < 1.29 is 14.6 Å². The summed E-state index contributed by atoms with van der Waals surface area (Å²) in [6, 6.07) is 30.5. The lowest BCUT2D eigenvalue weighted by atomic mass is 9.94. The van der Waals surface area contributed by atoms with E-state index < -0.39 is 0 Å². The van der Waals surface area contributed by atoms with Gasteiger partial charge in [-0.2, -0.15) is 0 Å². The fraction of sp³-hybridized carbons (Fsp3) is 0.0690. The molecule has 0 spiro atoms. The molecule has 0 bridgehead atoms. The number of carbonyl (C=O) groups excluding carboxylic acids is 1. The third kappa shape index (κ3) is 5.49. The Morgan fingerprint density at radius 1 is 0.848 bits per heavy atom. The average Bonchev–Trinajstić information content (AvgIpc) is 2.87. The molecule has 0 atom stereocenters. The van der Waals surface area contributed by atoms with Gasteiger partial charge in [0.2, 0.25) is 0 Å². The highest BCUT2D eigenvalue weighted by molar-refractivity contribution is 5.94. The highest BCUT2D eigenvalue weighted by Crippen LogP contribution is 2.29. The van der Waals surface area contributed by atoms with Gasteiger partial charge in [0.05, 0.1) is 7.11 Å². The molecular weight excluding hydrogens is 410 g/mol. The van der Waals surface area contributed by atoms with Crippen LogP contribution in [0.3, 0.4) is 0 Å². The molecule has 0 aliphatic heterocycles. The second-order valence-corrected chi connectivity index (χ2v) is 7.58. The maximum atomic E-state index is 12.7. The maximum absolute atomic E-state index is 12.7. The number of nitrogens with one attached hydrogen (secondary N) is 1. The van der Waals surface area contributed by atoms with Gasteiger partial charge in [-0.1, -0.05) is 78.9 Å². The lowest BCUT2D eigenvalue weighted by Gasteiger charge is -2.13.